The first kappa shape index (κ1) is 11.9. The number of halogens is 1. The minimum absolute atomic E-state index is 0.102. The molecule has 0 bridgehead atoms. The predicted molar refractivity (Wildman–Crippen MR) is 68.6 cm³/mol. The number of imidazole rings is 1. The van der Waals surface area contributed by atoms with Crippen molar-refractivity contribution in [3.8, 4) is 0 Å². The molecule has 1 aromatic heterocycles. The molecule has 1 amide bonds. The normalized spacial score (nSPS) is 10.2. The van der Waals surface area contributed by atoms with Crippen LogP contribution in [0.2, 0.25) is 0 Å². The zero-order chi connectivity index (χ0) is 12.3. The molecule has 0 saturated carbocycles. The van der Waals surface area contributed by atoms with Gasteiger partial charge in [0.1, 0.15) is 0 Å². The number of aryl methyl sites for hydroxylation is 1. The second kappa shape index (κ2) is 5.14. The summed E-state index contributed by atoms with van der Waals surface area (Å²) in [7, 11) is 0. The number of amides is 1. The molecule has 5 heteroatoms. The number of nitrogens with zero attached hydrogens (tertiary/aromatic N) is 1. The van der Waals surface area contributed by atoms with E-state index in [-0.39, 0.29) is 5.91 Å². The monoisotopic (exact) mass is 293 g/mol. The summed E-state index contributed by atoms with van der Waals surface area (Å²) < 4.78 is 0.835. The fourth-order valence-electron chi connectivity index (χ4n) is 1.47. The van der Waals surface area contributed by atoms with Crippen LogP contribution in [0.5, 0.6) is 0 Å². The van der Waals surface area contributed by atoms with Gasteiger partial charge in [-0.25, -0.2) is 4.98 Å². The molecular weight excluding hydrogens is 282 g/mol. The molecule has 88 valence electrons. The molecular formula is C12H12BrN3O. The first-order valence-electron chi connectivity index (χ1n) is 5.19. The first-order chi connectivity index (χ1) is 8.18. The Labute approximate surface area is 108 Å². The molecule has 0 unspecified atom stereocenters. The lowest BCUT2D eigenvalue weighted by Gasteiger charge is -2.07. The minimum Gasteiger partial charge on any atom is -0.347 e. The lowest BCUT2D eigenvalue weighted by atomic mass is 10.1. The van der Waals surface area contributed by atoms with Gasteiger partial charge in [-0.2, -0.15) is 0 Å². The summed E-state index contributed by atoms with van der Waals surface area (Å²) in [6.45, 7) is 2.40. The third-order valence-electron chi connectivity index (χ3n) is 2.43. The molecule has 4 nitrogen and oxygen atoms in total. The Kier molecular flexibility index (Phi) is 3.58. The van der Waals surface area contributed by atoms with Crippen molar-refractivity contribution >= 4 is 21.8 Å². The zero-order valence-electron chi connectivity index (χ0n) is 9.33. The second-order valence-corrected chi connectivity index (χ2v) is 4.49. The van der Waals surface area contributed by atoms with Gasteiger partial charge in [0, 0.05) is 10.7 Å². The van der Waals surface area contributed by atoms with Gasteiger partial charge in [0.15, 0.2) is 0 Å². The summed E-state index contributed by atoms with van der Waals surface area (Å²) in [5.41, 5.74) is 2.56. The summed E-state index contributed by atoms with van der Waals surface area (Å²) >= 11 is 3.42. The van der Waals surface area contributed by atoms with Crippen LogP contribution in [0.25, 0.3) is 0 Å². The van der Waals surface area contributed by atoms with Crippen LogP contribution >= 0.6 is 15.9 Å². The van der Waals surface area contributed by atoms with Gasteiger partial charge in [0.2, 0.25) is 0 Å². The molecule has 0 aliphatic rings. The molecule has 0 atom stereocenters. The van der Waals surface area contributed by atoms with Crippen molar-refractivity contribution < 1.29 is 4.79 Å². The van der Waals surface area contributed by atoms with Gasteiger partial charge in [-0.15, -0.1) is 0 Å². The van der Waals surface area contributed by atoms with Crippen LogP contribution in [0.4, 0.5) is 0 Å². The highest BCUT2D eigenvalue weighted by Gasteiger charge is 2.10. The molecule has 2 aromatic rings. The summed E-state index contributed by atoms with van der Waals surface area (Å²) in [5, 5.41) is 2.83. The molecule has 1 aromatic carbocycles. The van der Waals surface area contributed by atoms with E-state index in [9.17, 15) is 4.79 Å². The van der Waals surface area contributed by atoms with E-state index in [0.29, 0.717) is 12.1 Å². The van der Waals surface area contributed by atoms with Crippen LogP contribution in [0.3, 0.4) is 0 Å². The highest BCUT2D eigenvalue weighted by Crippen LogP contribution is 2.20. The standard InChI is InChI=1S/C12H12BrN3O/c1-8-3-2-4-10(11(8)13)12(17)15-6-9-5-14-7-16-9/h2-5,7H,6H2,1H3,(H,14,16)(H,15,17). The fraction of sp³-hybridized carbons (Fsp3) is 0.167. The van der Waals surface area contributed by atoms with E-state index in [1.165, 1.54) is 0 Å². The van der Waals surface area contributed by atoms with Crippen LogP contribution in [0, 0.1) is 6.92 Å². The van der Waals surface area contributed by atoms with Gasteiger partial charge < -0.3 is 10.3 Å². The van der Waals surface area contributed by atoms with Crippen LogP contribution in [-0.2, 0) is 6.54 Å². The van der Waals surface area contributed by atoms with Gasteiger partial charge in [-0.05, 0) is 34.5 Å². The molecule has 0 aliphatic carbocycles. The smallest absolute Gasteiger partial charge is 0.252 e. The molecule has 17 heavy (non-hydrogen) atoms. The Morgan fingerprint density at radius 2 is 2.35 bits per heavy atom. The van der Waals surface area contributed by atoms with Crippen LogP contribution in [0.1, 0.15) is 21.6 Å². The molecule has 2 rings (SSSR count). The minimum atomic E-state index is -0.102. The van der Waals surface area contributed by atoms with Crippen LogP contribution in [0.15, 0.2) is 35.2 Å². The molecule has 0 spiro atoms. The third-order valence-corrected chi connectivity index (χ3v) is 3.48. The van der Waals surface area contributed by atoms with Gasteiger partial charge >= 0.3 is 0 Å². The van der Waals surface area contributed by atoms with Gasteiger partial charge in [0.05, 0.1) is 24.1 Å². The Bertz CT molecular complexity index is 523. The number of H-pyrrole nitrogens is 1. The number of rotatable bonds is 3. The molecule has 0 aliphatic heterocycles. The van der Waals surface area contributed by atoms with Crippen LogP contribution < -0.4 is 5.32 Å². The molecule has 0 radical (unpaired) electrons. The second-order valence-electron chi connectivity index (χ2n) is 3.70. The predicted octanol–water partition coefficient (Wildman–Crippen LogP) is 2.41. The highest BCUT2D eigenvalue weighted by molar-refractivity contribution is 9.10. The SMILES string of the molecule is Cc1cccc(C(=O)NCc2cnc[nH]2)c1Br. The Balaban J connectivity index is 2.07. The number of benzene rings is 1. The van der Waals surface area contributed by atoms with Crippen molar-refractivity contribution in [2.75, 3.05) is 0 Å². The van der Waals surface area contributed by atoms with Gasteiger partial charge in [-0.1, -0.05) is 12.1 Å². The van der Waals surface area contributed by atoms with E-state index >= 15 is 0 Å². The maximum absolute atomic E-state index is 11.9. The van der Waals surface area contributed by atoms with Crippen molar-refractivity contribution in [1.82, 2.24) is 15.3 Å². The lowest BCUT2D eigenvalue weighted by Crippen LogP contribution is -2.23. The summed E-state index contributed by atoms with van der Waals surface area (Å²) in [6.07, 6.45) is 3.27. The van der Waals surface area contributed by atoms with Crippen molar-refractivity contribution in [1.29, 1.82) is 0 Å². The van der Waals surface area contributed by atoms with E-state index in [2.05, 4.69) is 31.2 Å². The molecule has 0 saturated heterocycles. The third kappa shape index (κ3) is 2.74. The highest BCUT2D eigenvalue weighted by atomic mass is 79.9. The first-order valence-corrected chi connectivity index (χ1v) is 5.98. The lowest BCUT2D eigenvalue weighted by molar-refractivity contribution is 0.0949. The van der Waals surface area contributed by atoms with E-state index in [1.807, 2.05) is 19.1 Å². The summed E-state index contributed by atoms with van der Waals surface area (Å²) in [5.74, 6) is -0.102. The molecule has 0 fully saturated rings. The van der Waals surface area contributed by atoms with E-state index < -0.39 is 0 Å². The summed E-state index contributed by atoms with van der Waals surface area (Å²) in [4.78, 5) is 18.8. The Morgan fingerprint density at radius 3 is 3.06 bits per heavy atom. The number of nitrogens with one attached hydrogen (secondary N) is 2. The Morgan fingerprint density at radius 1 is 1.53 bits per heavy atom. The van der Waals surface area contributed by atoms with Crippen molar-refractivity contribution in [3.05, 3.63) is 52.0 Å². The van der Waals surface area contributed by atoms with Gasteiger partial charge in [-0.3, -0.25) is 4.79 Å². The number of carbonyl (C=O) groups is 1. The molecule has 1 heterocycles. The van der Waals surface area contributed by atoms with Gasteiger partial charge in [0.25, 0.3) is 5.91 Å². The number of aromatic nitrogens is 2. The zero-order valence-corrected chi connectivity index (χ0v) is 10.9. The van der Waals surface area contributed by atoms with Crippen molar-refractivity contribution in [2.24, 2.45) is 0 Å². The average molecular weight is 294 g/mol. The van der Waals surface area contributed by atoms with Crippen LogP contribution in [-0.4, -0.2) is 15.9 Å². The topological polar surface area (TPSA) is 57.8 Å². The maximum atomic E-state index is 11.9. The molecule has 2 N–H and O–H groups in total. The van der Waals surface area contributed by atoms with E-state index in [0.717, 1.165) is 15.7 Å². The van der Waals surface area contributed by atoms with E-state index in [4.69, 9.17) is 0 Å². The summed E-state index contributed by atoms with van der Waals surface area (Å²) in [6, 6.07) is 5.61. The number of aromatic amines is 1. The van der Waals surface area contributed by atoms with Crippen molar-refractivity contribution in [3.63, 3.8) is 0 Å². The number of hydrogen-bond acceptors (Lipinski definition) is 2. The Hall–Kier alpha value is -1.62. The van der Waals surface area contributed by atoms with Crippen molar-refractivity contribution in [2.45, 2.75) is 13.5 Å². The van der Waals surface area contributed by atoms with E-state index in [1.54, 1.807) is 18.6 Å². The number of hydrogen-bond donors (Lipinski definition) is 2. The number of carbonyl (C=O) groups excluding carboxylic acids is 1. The maximum Gasteiger partial charge on any atom is 0.252 e. The average Bonchev–Trinajstić information content (AvgIpc) is 2.82. The quantitative estimate of drug-likeness (QED) is 0.913. The fourth-order valence-corrected chi connectivity index (χ4v) is 1.92. The largest absolute Gasteiger partial charge is 0.347 e.